The smallest absolute Gasteiger partial charge is 0.430 e. The minimum Gasteiger partial charge on any atom is -0.478 e. The minimum absolute atomic E-state index is 0.0190. The van der Waals surface area contributed by atoms with Crippen molar-refractivity contribution in [3.05, 3.63) is 29.3 Å². The summed E-state index contributed by atoms with van der Waals surface area (Å²) < 4.78 is 46.8. The summed E-state index contributed by atoms with van der Waals surface area (Å²) in [7, 11) is 0. The molecule has 0 bridgehead atoms. The molecule has 1 aromatic carbocycles. The fraction of sp³-hybridized carbons (Fsp3) is 0.400. The van der Waals surface area contributed by atoms with E-state index in [-0.39, 0.29) is 5.75 Å². The molecule has 2 N–H and O–H groups in total. The Balaban J connectivity index is 2.26. The van der Waals surface area contributed by atoms with Gasteiger partial charge in [0, 0.05) is 17.0 Å². The largest absolute Gasteiger partial charge is 0.478 e. The van der Waals surface area contributed by atoms with Gasteiger partial charge in [-0.2, -0.15) is 13.2 Å². The quantitative estimate of drug-likeness (QED) is 0.795. The Morgan fingerprint density at radius 1 is 1.43 bits per heavy atom. The van der Waals surface area contributed by atoms with Gasteiger partial charge < -0.3 is 9.84 Å². The lowest BCUT2D eigenvalue weighted by Gasteiger charge is -2.27. The van der Waals surface area contributed by atoms with E-state index in [1.54, 1.807) is 12.1 Å². The van der Waals surface area contributed by atoms with Gasteiger partial charge in [0.2, 0.25) is 6.10 Å². The molecule has 1 heterocycles. The Hall–Kier alpha value is -1.67. The van der Waals surface area contributed by atoms with Gasteiger partial charge in [-0.1, -0.05) is 13.8 Å². The van der Waals surface area contributed by atoms with Gasteiger partial charge in [-0.25, -0.2) is 4.79 Å². The lowest BCUT2D eigenvalue weighted by Crippen LogP contribution is -2.40. The lowest BCUT2D eigenvalue weighted by atomic mass is 10.0. The molecule has 4 nitrogen and oxygen atoms in total. The van der Waals surface area contributed by atoms with E-state index in [0.29, 0.717) is 11.5 Å². The van der Waals surface area contributed by atoms with Crippen molar-refractivity contribution in [1.82, 2.24) is 4.72 Å². The van der Waals surface area contributed by atoms with Gasteiger partial charge in [0.15, 0.2) is 0 Å². The first kappa shape index (κ1) is 17.7. The summed E-state index contributed by atoms with van der Waals surface area (Å²) in [5, 5.41) is 9.00. The fourth-order valence-electron chi connectivity index (χ4n) is 1.95. The van der Waals surface area contributed by atoms with Gasteiger partial charge in [0.1, 0.15) is 5.75 Å². The van der Waals surface area contributed by atoms with Crippen LogP contribution in [0.2, 0.25) is 0 Å². The van der Waals surface area contributed by atoms with E-state index in [9.17, 15) is 18.0 Å². The van der Waals surface area contributed by atoms with Crippen molar-refractivity contribution in [2.45, 2.75) is 31.0 Å². The molecule has 126 valence electrons. The monoisotopic (exact) mass is 347 g/mol. The molecule has 8 heteroatoms. The maximum atomic E-state index is 12.9. The van der Waals surface area contributed by atoms with Crippen LogP contribution in [-0.4, -0.2) is 29.9 Å². The van der Waals surface area contributed by atoms with Crippen LogP contribution in [0.1, 0.15) is 19.4 Å². The van der Waals surface area contributed by atoms with E-state index in [4.69, 9.17) is 9.84 Å². The lowest BCUT2D eigenvalue weighted by molar-refractivity contribution is -0.187. The Kier molecular flexibility index (Phi) is 5.26. The number of hydrogen-bond acceptors (Lipinski definition) is 4. The first-order valence-electron chi connectivity index (χ1n) is 6.90. The number of aliphatic carboxylic acids is 1. The van der Waals surface area contributed by atoms with Crippen LogP contribution in [0.25, 0.3) is 6.08 Å². The van der Waals surface area contributed by atoms with Gasteiger partial charge in [-0.15, -0.1) is 0 Å². The second kappa shape index (κ2) is 6.84. The van der Waals surface area contributed by atoms with E-state index >= 15 is 0 Å². The summed E-state index contributed by atoms with van der Waals surface area (Å²) in [6, 6.07) is 4.65. The average molecular weight is 347 g/mol. The summed E-state index contributed by atoms with van der Waals surface area (Å²) in [5.74, 6) is -1.17. The number of carbonyl (C=O) groups is 1. The normalized spacial score (nSPS) is 17.5. The van der Waals surface area contributed by atoms with Gasteiger partial charge in [-0.3, -0.25) is 4.72 Å². The molecule has 0 radical (unpaired) electrons. The molecule has 1 aliphatic heterocycles. The molecule has 1 unspecified atom stereocenters. The zero-order chi connectivity index (χ0) is 17.2. The van der Waals surface area contributed by atoms with Crippen LogP contribution in [0, 0.1) is 5.92 Å². The van der Waals surface area contributed by atoms with Crippen LogP contribution in [-0.2, 0) is 4.79 Å². The van der Waals surface area contributed by atoms with Crippen molar-refractivity contribution < 1.29 is 27.8 Å². The second-order valence-corrected chi connectivity index (χ2v) is 6.45. The summed E-state index contributed by atoms with van der Waals surface area (Å²) in [6.07, 6.45) is -6.22. The molecule has 2 rings (SSSR count). The van der Waals surface area contributed by atoms with Gasteiger partial charge in [0.25, 0.3) is 0 Å². The van der Waals surface area contributed by atoms with E-state index in [1.807, 2.05) is 13.8 Å². The first-order valence-corrected chi connectivity index (χ1v) is 7.72. The van der Waals surface area contributed by atoms with Gasteiger partial charge in [-0.05, 0) is 42.1 Å². The number of carboxylic acid groups (broad SMARTS) is 1. The molecule has 0 spiro atoms. The van der Waals surface area contributed by atoms with Crippen molar-refractivity contribution in [1.29, 1.82) is 0 Å². The van der Waals surface area contributed by atoms with Crippen molar-refractivity contribution in [3.63, 3.8) is 0 Å². The Morgan fingerprint density at radius 3 is 2.70 bits per heavy atom. The van der Waals surface area contributed by atoms with Crippen LogP contribution in [0.5, 0.6) is 5.75 Å². The Bertz CT molecular complexity index is 629. The maximum absolute atomic E-state index is 12.9. The van der Waals surface area contributed by atoms with Gasteiger partial charge >= 0.3 is 12.1 Å². The molecule has 1 atom stereocenters. The highest BCUT2D eigenvalue weighted by Gasteiger charge is 2.48. The maximum Gasteiger partial charge on any atom is 0.430 e. The van der Waals surface area contributed by atoms with Crippen molar-refractivity contribution >= 4 is 24.0 Å². The van der Waals surface area contributed by atoms with Crippen molar-refractivity contribution in [2.75, 3.05) is 6.54 Å². The molecule has 0 saturated heterocycles. The molecule has 0 amide bonds. The molecule has 1 aliphatic rings. The Labute approximate surface area is 135 Å². The highest BCUT2D eigenvalue weighted by atomic mass is 32.2. The molecule has 0 fully saturated rings. The van der Waals surface area contributed by atoms with Crippen LogP contribution in [0.3, 0.4) is 0 Å². The number of rotatable bonds is 5. The summed E-state index contributed by atoms with van der Waals surface area (Å²) in [5.41, 5.74) is -0.499. The molecule has 0 saturated carbocycles. The van der Waals surface area contributed by atoms with Crippen LogP contribution in [0.15, 0.2) is 28.7 Å². The standard InChI is InChI=1S/C15H16F3NO3S/c1-8(2)7-19-23-10-3-4-12-9(5-10)6-11(14(20)21)13(22-12)15(16,17)18/h3-6,8,13,19H,7H2,1-2H3,(H,20,21). The van der Waals surface area contributed by atoms with Crippen LogP contribution in [0.4, 0.5) is 13.2 Å². The fourth-order valence-corrected chi connectivity index (χ4v) is 2.86. The van der Waals surface area contributed by atoms with Gasteiger partial charge in [0.05, 0.1) is 5.57 Å². The summed E-state index contributed by atoms with van der Waals surface area (Å²) in [6.45, 7) is 4.87. The Morgan fingerprint density at radius 2 is 2.13 bits per heavy atom. The molecule has 0 aromatic heterocycles. The zero-order valence-electron chi connectivity index (χ0n) is 12.5. The predicted molar refractivity (Wildman–Crippen MR) is 81.2 cm³/mol. The number of hydrogen-bond donors (Lipinski definition) is 2. The van der Waals surface area contributed by atoms with E-state index < -0.39 is 23.8 Å². The predicted octanol–water partition coefficient (Wildman–Crippen LogP) is 3.73. The number of ether oxygens (including phenoxy) is 1. The van der Waals surface area contributed by atoms with Crippen LogP contribution >= 0.6 is 11.9 Å². The number of fused-ring (bicyclic) bond motifs is 1. The summed E-state index contributed by atoms with van der Waals surface area (Å²) >= 11 is 1.33. The topological polar surface area (TPSA) is 58.6 Å². The summed E-state index contributed by atoms with van der Waals surface area (Å²) in [4.78, 5) is 11.9. The van der Waals surface area contributed by atoms with E-state index in [1.165, 1.54) is 18.0 Å². The molecular weight excluding hydrogens is 331 g/mol. The van der Waals surface area contributed by atoms with E-state index in [0.717, 1.165) is 17.5 Å². The average Bonchev–Trinajstić information content (AvgIpc) is 2.44. The minimum atomic E-state index is -4.78. The third-order valence-electron chi connectivity index (χ3n) is 3.05. The third kappa shape index (κ3) is 4.42. The highest BCUT2D eigenvalue weighted by Crippen LogP contribution is 2.38. The van der Waals surface area contributed by atoms with E-state index in [2.05, 4.69) is 4.72 Å². The number of alkyl halides is 3. The highest BCUT2D eigenvalue weighted by molar-refractivity contribution is 7.97. The number of nitrogens with one attached hydrogen (secondary N) is 1. The SMILES string of the molecule is CC(C)CNSc1ccc2c(c1)C=C(C(=O)O)C(C(F)(F)F)O2. The molecule has 0 aliphatic carbocycles. The molecule has 23 heavy (non-hydrogen) atoms. The second-order valence-electron chi connectivity index (χ2n) is 5.49. The third-order valence-corrected chi connectivity index (χ3v) is 3.85. The molecule has 1 aromatic rings. The number of benzene rings is 1. The van der Waals surface area contributed by atoms with Crippen molar-refractivity contribution in [3.8, 4) is 5.75 Å². The first-order chi connectivity index (χ1) is 10.7. The van der Waals surface area contributed by atoms with Crippen molar-refractivity contribution in [2.24, 2.45) is 5.92 Å². The molecular formula is C15H16F3NO3S. The number of carboxylic acids is 1. The number of halogens is 3. The van der Waals surface area contributed by atoms with Crippen LogP contribution < -0.4 is 9.46 Å². The zero-order valence-corrected chi connectivity index (χ0v) is 13.3.